The minimum Gasteiger partial charge on any atom is -0.497 e. The van der Waals surface area contributed by atoms with Crippen LogP contribution in [0.15, 0.2) is 18.2 Å². The number of nitrogens with one attached hydrogen (secondary N) is 1. The van der Waals surface area contributed by atoms with Gasteiger partial charge in [-0.15, -0.1) is 0 Å². The Morgan fingerprint density at radius 1 is 1.19 bits per heavy atom. The molecule has 6 heteroatoms. The average molecular weight is 297 g/mol. The van der Waals surface area contributed by atoms with Crippen molar-refractivity contribution in [2.75, 3.05) is 45.9 Å². The van der Waals surface area contributed by atoms with E-state index in [1.54, 1.807) is 26.4 Å². The lowest BCUT2D eigenvalue weighted by Gasteiger charge is -2.11. The van der Waals surface area contributed by atoms with Gasteiger partial charge in [0.2, 0.25) is 0 Å². The zero-order valence-electron chi connectivity index (χ0n) is 12.6. The van der Waals surface area contributed by atoms with Crippen molar-refractivity contribution in [2.45, 2.75) is 12.8 Å². The molecule has 0 heterocycles. The van der Waals surface area contributed by atoms with Crippen LogP contribution in [0, 0.1) is 0 Å². The van der Waals surface area contributed by atoms with Crippen LogP contribution in [0.4, 0.5) is 5.69 Å². The van der Waals surface area contributed by atoms with Crippen LogP contribution in [0.25, 0.3) is 0 Å². The quantitative estimate of drug-likeness (QED) is 0.610. The van der Waals surface area contributed by atoms with Gasteiger partial charge in [0.1, 0.15) is 5.75 Å². The number of carboxylic acid groups (broad SMARTS) is 1. The summed E-state index contributed by atoms with van der Waals surface area (Å²) in [6, 6.07) is 4.87. The summed E-state index contributed by atoms with van der Waals surface area (Å²) >= 11 is 0. The van der Waals surface area contributed by atoms with Crippen LogP contribution in [0.5, 0.6) is 5.75 Å². The summed E-state index contributed by atoms with van der Waals surface area (Å²) in [6.45, 7) is 2.56. The molecule has 0 aliphatic heterocycles. The number of hydrogen-bond donors (Lipinski definition) is 2. The molecular formula is C15H23NO5. The Bertz CT molecular complexity index is 436. The third-order valence-electron chi connectivity index (χ3n) is 2.92. The predicted octanol–water partition coefficient (Wildman–Crippen LogP) is 2.25. The Hall–Kier alpha value is -1.79. The number of rotatable bonds is 11. The molecule has 21 heavy (non-hydrogen) atoms. The van der Waals surface area contributed by atoms with Crippen LogP contribution in [0.2, 0.25) is 0 Å². The van der Waals surface area contributed by atoms with Crippen LogP contribution in [0.1, 0.15) is 23.2 Å². The van der Waals surface area contributed by atoms with Crippen molar-refractivity contribution in [2.24, 2.45) is 0 Å². The molecule has 1 aromatic rings. The normalized spacial score (nSPS) is 10.4. The highest BCUT2D eigenvalue weighted by atomic mass is 16.5. The fourth-order valence-corrected chi connectivity index (χ4v) is 1.78. The fourth-order valence-electron chi connectivity index (χ4n) is 1.78. The highest BCUT2D eigenvalue weighted by Gasteiger charge is 2.10. The van der Waals surface area contributed by atoms with Gasteiger partial charge in [-0.3, -0.25) is 0 Å². The second-order valence-electron chi connectivity index (χ2n) is 4.46. The van der Waals surface area contributed by atoms with Crippen LogP contribution in [0.3, 0.4) is 0 Å². The first-order chi connectivity index (χ1) is 10.2. The minimum absolute atomic E-state index is 0.243. The van der Waals surface area contributed by atoms with Crippen LogP contribution < -0.4 is 10.1 Å². The zero-order valence-corrected chi connectivity index (χ0v) is 12.6. The first-order valence-electron chi connectivity index (χ1n) is 6.91. The maximum Gasteiger partial charge on any atom is 0.337 e. The molecule has 0 fully saturated rings. The summed E-state index contributed by atoms with van der Waals surface area (Å²) in [7, 11) is 3.19. The van der Waals surface area contributed by atoms with E-state index >= 15 is 0 Å². The Labute approximate surface area is 125 Å². The molecule has 118 valence electrons. The van der Waals surface area contributed by atoms with E-state index in [9.17, 15) is 4.79 Å². The molecular weight excluding hydrogens is 274 g/mol. The lowest BCUT2D eigenvalue weighted by molar-refractivity contribution is 0.0690. The molecule has 0 bridgehead atoms. The standard InChI is InChI=1S/C15H23NO5/c1-19-9-10-21-8-4-3-7-16-14-11-12(20-2)5-6-13(14)15(17)18/h5-6,11,16H,3-4,7-10H2,1-2H3,(H,17,18). The molecule has 0 spiro atoms. The Kier molecular flexibility index (Phi) is 8.23. The largest absolute Gasteiger partial charge is 0.497 e. The van der Waals surface area contributed by atoms with Gasteiger partial charge in [-0.25, -0.2) is 4.79 Å². The molecule has 0 aromatic heterocycles. The molecule has 6 nitrogen and oxygen atoms in total. The van der Waals surface area contributed by atoms with E-state index in [1.165, 1.54) is 6.07 Å². The molecule has 1 rings (SSSR count). The number of unbranched alkanes of at least 4 members (excludes halogenated alkanes) is 1. The van der Waals surface area contributed by atoms with Gasteiger partial charge in [0.25, 0.3) is 0 Å². The summed E-state index contributed by atoms with van der Waals surface area (Å²) in [5.74, 6) is -0.326. The topological polar surface area (TPSA) is 77.0 Å². The Morgan fingerprint density at radius 3 is 2.67 bits per heavy atom. The third kappa shape index (κ3) is 6.46. The Morgan fingerprint density at radius 2 is 2.00 bits per heavy atom. The van der Waals surface area contributed by atoms with Gasteiger partial charge in [-0.1, -0.05) is 0 Å². The highest BCUT2D eigenvalue weighted by molar-refractivity contribution is 5.94. The molecule has 1 aromatic carbocycles. The van der Waals surface area contributed by atoms with Gasteiger partial charge in [-0.2, -0.15) is 0 Å². The van der Waals surface area contributed by atoms with Crippen LogP contribution >= 0.6 is 0 Å². The number of carbonyl (C=O) groups is 1. The van der Waals surface area contributed by atoms with E-state index in [0.29, 0.717) is 37.8 Å². The molecule has 0 saturated heterocycles. The summed E-state index contributed by atoms with van der Waals surface area (Å²) in [6.07, 6.45) is 1.80. The van der Waals surface area contributed by atoms with Crippen molar-refractivity contribution in [3.63, 3.8) is 0 Å². The molecule has 0 radical (unpaired) electrons. The lowest BCUT2D eigenvalue weighted by Crippen LogP contribution is -2.09. The maximum absolute atomic E-state index is 11.1. The van der Waals surface area contributed by atoms with Crippen molar-refractivity contribution in [1.82, 2.24) is 0 Å². The number of aromatic carboxylic acids is 1. The number of methoxy groups -OCH3 is 2. The second kappa shape index (κ2) is 10.0. The molecule has 0 amide bonds. The molecule has 0 saturated carbocycles. The van der Waals surface area contributed by atoms with Gasteiger partial charge < -0.3 is 24.6 Å². The molecule has 0 atom stereocenters. The summed E-state index contributed by atoms with van der Waals surface area (Å²) < 4.78 is 15.3. The monoisotopic (exact) mass is 297 g/mol. The lowest BCUT2D eigenvalue weighted by atomic mass is 10.1. The van der Waals surface area contributed by atoms with Crippen molar-refractivity contribution < 1.29 is 24.1 Å². The number of anilines is 1. The van der Waals surface area contributed by atoms with Crippen molar-refractivity contribution in [3.8, 4) is 5.75 Å². The van der Waals surface area contributed by atoms with E-state index in [0.717, 1.165) is 12.8 Å². The van der Waals surface area contributed by atoms with Gasteiger partial charge in [0.15, 0.2) is 0 Å². The second-order valence-corrected chi connectivity index (χ2v) is 4.46. The van der Waals surface area contributed by atoms with E-state index in [-0.39, 0.29) is 5.56 Å². The van der Waals surface area contributed by atoms with Crippen molar-refractivity contribution in [3.05, 3.63) is 23.8 Å². The number of benzene rings is 1. The van der Waals surface area contributed by atoms with Gasteiger partial charge in [-0.05, 0) is 25.0 Å². The minimum atomic E-state index is -0.956. The number of ether oxygens (including phenoxy) is 3. The highest BCUT2D eigenvalue weighted by Crippen LogP contribution is 2.22. The van der Waals surface area contributed by atoms with Gasteiger partial charge >= 0.3 is 5.97 Å². The molecule has 2 N–H and O–H groups in total. The van der Waals surface area contributed by atoms with Crippen LogP contribution in [-0.2, 0) is 9.47 Å². The predicted molar refractivity (Wildman–Crippen MR) is 80.4 cm³/mol. The van der Waals surface area contributed by atoms with E-state index in [4.69, 9.17) is 19.3 Å². The first-order valence-corrected chi connectivity index (χ1v) is 6.91. The Balaban J connectivity index is 2.35. The van der Waals surface area contributed by atoms with Gasteiger partial charge in [0.05, 0.1) is 31.6 Å². The van der Waals surface area contributed by atoms with Crippen molar-refractivity contribution in [1.29, 1.82) is 0 Å². The van der Waals surface area contributed by atoms with Crippen LogP contribution in [-0.4, -0.2) is 51.7 Å². The van der Waals surface area contributed by atoms with Crippen molar-refractivity contribution >= 4 is 11.7 Å². The van der Waals surface area contributed by atoms with Gasteiger partial charge in [0, 0.05) is 26.3 Å². The summed E-state index contributed by atoms with van der Waals surface area (Å²) in [4.78, 5) is 11.1. The molecule has 0 unspecified atom stereocenters. The van der Waals surface area contributed by atoms with E-state index < -0.39 is 5.97 Å². The van der Waals surface area contributed by atoms with E-state index in [2.05, 4.69) is 5.32 Å². The maximum atomic E-state index is 11.1. The number of hydrogen-bond acceptors (Lipinski definition) is 5. The molecule has 0 aliphatic rings. The summed E-state index contributed by atoms with van der Waals surface area (Å²) in [5, 5.41) is 12.3. The van der Waals surface area contributed by atoms with E-state index in [1.807, 2.05) is 0 Å². The summed E-state index contributed by atoms with van der Waals surface area (Å²) in [5.41, 5.74) is 0.814. The average Bonchev–Trinajstić information content (AvgIpc) is 2.49. The molecule has 0 aliphatic carbocycles. The fraction of sp³-hybridized carbons (Fsp3) is 0.533. The third-order valence-corrected chi connectivity index (χ3v) is 2.92. The SMILES string of the molecule is COCCOCCCCNc1cc(OC)ccc1C(=O)O. The first kappa shape index (κ1) is 17.3. The zero-order chi connectivity index (χ0) is 15.5. The number of carboxylic acids is 1. The smallest absolute Gasteiger partial charge is 0.337 e.